The zero-order valence-electron chi connectivity index (χ0n) is 13.9. The second-order valence-corrected chi connectivity index (χ2v) is 5.77. The van der Waals surface area contributed by atoms with Crippen molar-refractivity contribution in [1.29, 1.82) is 0 Å². The molecule has 1 rings (SSSR count). The number of carbonyl (C=O) groups excluding carboxylic acids is 3. The predicted molar refractivity (Wildman–Crippen MR) is 80.8 cm³/mol. The van der Waals surface area contributed by atoms with E-state index in [0.29, 0.717) is 26.2 Å². The third-order valence-electron chi connectivity index (χ3n) is 3.35. The molecule has 123 valence electrons. The van der Waals surface area contributed by atoms with Crippen LogP contribution >= 0.6 is 0 Å². The molecule has 1 heterocycles. The van der Waals surface area contributed by atoms with Gasteiger partial charge in [0.25, 0.3) is 0 Å². The molecule has 7 heteroatoms. The maximum absolute atomic E-state index is 11.3. The summed E-state index contributed by atoms with van der Waals surface area (Å²) in [5.41, 5.74) is 0. The van der Waals surface area contributed by atoms with Crippen molar-refractivity contribution in [2.24, 2.45) is 0 Å². The molecule has 0 amide bonds. The zero-order chi connectivity index (χ0) is 15.8. The summed E-state index contributed by atoms with van der Waals surface area (Å²) in [5, 5.41) is 0. The second kappa shape index (κ2) is 11.5. The number of ketones is 3. The van der Waals surface area contributed by atoms with E-state index in [-0.39, 0.29) is 50.1 Å². The van der Waals surface area contributed by atoms with Crippen molar-refractivity contribution in [2.75, 3.05) is 52.4 Å². The van der Waals surface area contributed by atoms with E-state index >= 15 is 0 Å². The van der Waals surface area contributed by atoms with Gasteiger partial charge >= 0.3 is 0 Å². The molecule has 1 fully saturated rings. The summed E-state index contributed by atoms with van der Waals surface area (Å²) in [6.07, 6.45) is 0. The molecule has 22 heavy (non-hydrogen) atoms. The van der Waals surface area contributed by atoms with Crippen LogP contribution in [-0.4, -0.2) is 84.4 Å². The van der Waals surface area contributed by atoms with Gasteiger partial charge in [-0.2, -0.15) is 0 Å². The Kier molecular flexibility index (Phi) is 11.5. The first kappa shape index (κ1) is 22.0. The molecule has 0 atom stereocenters. The molecule has 0 saturated carbocycles. The van der Waals surface area contributed by atoms with Crippen LogP contribution in [0.25, 0.3) is 0 Å². The minimum atomic E-state index is 0. The van der Waals surface area contributed by atoms with Crippen molar-refractivity contribution in [1.82, 2.24) is 14.7 Å². The summed E-state index contributed by atoms with van der Waals surface area (Å²) in [4.78, 5) is 40.1. The van der Waals surface area contributed by atoms with Crippen LogP contribution in [0, 0.1) is 6.54 Å². The van der Waals surface area contributed by atoms with E-state index in [0.717, 1.165) is 26.2 Å². The van der Waals surface area contributed by atoms with Gasteiger partial charge in [-0.1, -0.05) is 0 Å². The average molecular weight is 385 g/mol. The summed E-state index contributed by atoms with van der Waals surface area (Å²) in [6.45, 7) is 11.5. The molecular formula is C15H26N3O3Y-. The predicted octanol–water partition coefficient (Wildman–Crippen LogP) is -0.168. The first-order valence-corrected chi connectivity index (χ1v) is 7.37. The Labute approximate surface area is 158 Å². The van der Waals surface area contributed by atoms with Crippen LogP contribution in [0.1, 0.15) is 20.8 Å². The quantitative estimate of drug-likeness (QED) is 0.592. The number of carbonyl (C=O) groups is 3. The van der Waals surface area contributed by atoms with Crippen LogP contribution in [0.15, 0.2) is 0 Å². The van der Waals surface area contributed by atoms with Gasteiger partial charge in [0.1, 0.15) is 17.3 Å². The Balaban J connectivity index is 0.00000441. The molecule has 1 saturated heterocycles. The average Bonchev–Trinajstić information content (AvgIpc) is 2.42. The first-order chi connectivity index (χ1) is 9.86. The van der Waals surface area contributed by atoms with Crippen LogP contribution < -0.4 is 0 Å². The molecular weight excluding hydrogens is 359 g/mol. The van der Waals surface area contributed by atoms with E-state index < -0.39 is 0 Å². The smallest absolute Gasteiger partial charge is 0.143 e. The van der Waals surface area contributed by atoms with Crippen molar-refractivity contribution in [3.05, 3.63) is 6.54 Å². The Morgan fingerprint density at radius 3 is 1.77 bits per heavy atom. The van der Waals surface area contributed by atoms with Crippen LogP contribution in [0.2, 0.25) is 0 Å². The number of rotatable bonds is 6. The van der Waals surface area contributed by atoms with Crippen LogP contribution in [0.5, 0.6) is 0 Å². The number of hydrogen-bond acceptors (Lipinski definition) is 6. The summed E-state index contributed by atoms with van der Waals surface area (Å²) < 4.78 is 0. The van der Waals surface area contributed by atoms with E-state index in [1.54, 1.807) is 20.8 Å². The van der Waals surface area contributed by atoms with Gasteiger partial charge in [0.05, 0.1) is 13.1 Å². The van der Waals surface area contributed by atoms with E-state index in [1.807, 2.05) is 16.3 Å². The fraction of sp³-hybridized carbons (Fsp3) is 0.733. The molecule has 0 bridgehead atoms. The fourth-order valence-corrected chi connectivity index (χ4v) is 2.44. The molecule has 1 aliphatic rings. The van der Waals surface area contributed by atoms with Gasteiger partial charge in [0, 0.05) is 58.9 Å². The van der Waals surface area contributed by atoms with Crippen LogP contribution in [0.3, 0.4) is 0 Å². The molecule has 1 aliphatic heterocycles. The van der Waals surface area contributed by atoms with Gasteiger partial charge in [-0.05, 0) is 27.3 Å². The van der Waals surface area contributed by atoms with Gasteiger partial charge in [0.15, 0.2) is 0 Å². The van der Waals surface area contributed by atoms with Crippen molar-refractivity contribution in [3.63, 3.8) is 0 Å². The molecule has 1 radical (unpaired) electrons. The Bertz CT molecular complexity index is 321. The molecule has 0 N–H and O–H groups in total. The first-order valence-electron chi connectivity index (χ1n) is 7.37. The second-order valence-electron chi connectivity index (χ2n) is 5.77. The molecule has 0 aliphatic carbocycles. The summed E-state index contributed by atoms with van der Waals surface area (Å²) >= 11 is 0. The Hall–Kier alpha value is -0.00610. The van der Waals surface area contributed by atoms with Gasteiger partial charge < -0.3 is 9.80 Å². The molecule has 6 nitrogen and oxygen atoms in total. The van der Waals surface area contributed by atoms with Gasteiger partial charge in [-0.25, -0.2) is 0 Å². The normalized spacial score (nSPS) is 18.7. The van der Waals surface area contributed by atoms with E-state index in [9.17, 15) is 14.4 Å². The molecule has 0 aromatic heterocycles. The van der Waals surface area contributed by atoms with Gasteiger partial charge in [-0.3, -0.25) is 25.8 Å². The zero-order valence-corrected chi connectivity index (χ0v) is 16.7. The van der Waals surface area contributed by atoms with Crippen molar-refractivity contribution >= 4 is 17.3 Å². The fourth-order valence-electron chi connectivity index (χ4n) is 2.44. The standard InChI is InChI=1S/C15H26N3O3.Y/c1-13(19)10-16-4-6-17(11-14(2)20)8-9-18(7-5-16)12-15(3)21;/h4H,5-12H2,1-3H3;/q-1;. The minimum absolute atomic E-state index is 0. The van der Waals surface area contributed by atoms with E-state index in [1.165, 1.54) is 0 Å². The summed E-state index contributed by atoms with van der Waals surface area (Å²) in [5.74, 6) is 0.370. The number of Topliss-reactive ketones (excluding diaryl/α,β-unsaturated/α-hetero) is 3. The number of hydrogen-bond donors (Lipinski definition) is 0. The SMILES string of the molecule is CC(=O)CN1[CH-]CN(CC(C)=O)CCN(CC(C)=O)CC1.[Y]. The molecule has 0 spiro atoms. The van der Waals surface area contributed by atoms with Crippen molar-refractivity contribution in [2.45, 2.75) is 20.8 Å². The minimum Gasteiger partial charge on any atom is -0.448 e. The number of nitrogens with zero attached hydrogens (tertiary/aromatic N) is 3. The van der Waals surface area contributed by atoms with Crippen molar-refractivity contribution < 1.29 is 47.1 Å². The molecule has 0 aromatic carbocycles. The van der Waals surface area contributed by atoms with E-state index in [4.69, 9.17) is 0 Å². The van der Waals surface area contributed by atoms with E-state index in [2.05, 4.69) is 4.90 Å². The summed E-state index contributed by atoms with van der Waals surface area (Å²) in [7, 11) is 0. The third kappa shape index (κ3) is 9.90. The monoisotopic (exact) mass is 385 g/mol. The Morgan fingerprint density at radius 1 is 0.773 bits per heavy atom. The maximum atomic E-state index is 11.3. The topological polar surface area (TPSA) is 60.9 Å². The Morgan fingerprint density at radius 2 is 1.23 bits per heavy atom. The molecule has 0 unspecified atom stereocenters. The largest absolute Gasteiger partial charge is 0.448 e. The third-order valence-corrected chi connectivity index (χ3v) is 3.35. The summed E-state index contributed by atoms with van der Waals surface area (Å²) in [6, 6.07) is 0. The van der Waals surface area contributed by atoms with Crippen molar-refractivity contribution in [3.8, 4) is 0 Å². The van der Waals surface area contributed by atoms with Crippen LogP contribution in [-0.2, 0) is 47.1 Å². The maximum Gasteiger partial charge on any atom is 0.143 e. The molecule has 0 aromatic rings. The van der Waals surface area contributed by atoms with Gasteiger partial charge in [-0.15, -0.1) is 6.54 Å². The van der Waals surface area contributed by atoms with Gasteiger partial charge in [0.2, 0.25) is 0 Å². The van der Waals surface area contributed by atoms with Crippen LogP contribution in [0.4, 0.5) is 0 Å².